The summed E-state index contributed by atoms with van der Waals surface area (Å²) in [6.45, 7) is 12.2. The summed E-state index contributed by atoms with van der Waals surface area (Å²) in [5.41, 5.74) is 0. The lowest BCUT2D eigenvalue weighted by molar-refractivity contribution is -0.143. The first-order chi connectivity index (χ1) is 14.1. The van der Waals surface area contributed by atoms with Crippen LogP contribution in [0.5, 0.6) is 0 Å². The third kappa shape index (κ3) is 3.44. The van der Waals surface area contributed by atoms with E-state index >= 15 is 0 Å². The van der Waals surface area contributed by atoms with Crippen LogP contribution in [0.15, 0.2) is 0 Å². The van der Waals surface area contributed by atoms with Crippen LogP contribution >= 0.6 is 11.8 Å². The van der Waals surface area contributed by atoms with Gasteiger partial charge in [0, 0.05) is 17.8 Å². The molecule has 3 amide bonds. The third-order valence-corrected chi connectivity index (χ3v) is 9.10. The van der Waals surface area contributed by atoms with Gasteiger partial charge in [0.05, 0.1) is 29.2 Å². The van der Waals surface area contributed by atoms with E-state index in [9.17, 15) is 19.5 Å². The minimum atomic E-state index is -0.675. The van der Waals surface area contributed by atoms with E-state index in [0.717, 1.165) is 12.8 Å². The second-order valence-corrected chi connectivity index (χ2v) is 11.3. The molecule has 3 saturated heterocycles. The summed E-state index contributed by atoms with van der Waals surface area (Å²) in [6.07, 6.45) is 1.66. The van der Waals surface area contributed by atoms with E-state index in [4.69, 9.17) is 0 Å². The van der Waals surface area contributed by atoms with Gasteiger partial charge in [-0.25, -0.2) is 0 Å². The Morgan fingerprint density at radius 2 is 1.93 bits per heavy atom. The number of hydrogen-bond donors (Lipinski definition) is 3. The van der Waals surface area contributed by atoms with Gasteiger partial charge in [-0.05, 0) is 38.5 Å². The van der Waals surface area contributed by atoms with Gasteiger partial charge in [0.15, 0.2) is 0 Å². The highest BCUT2D eigenvalue weighted by atomic mass is 32.2. The number of hydrogen-bond acceptors (Lipinski definition) is 5. The summed E-state index contributed by atoms with van der Waals surface area (Å²) in [4.78, 5) is 42.0. The van der Waals surface area contributed by atoms with Gasteiger partial charge >= 0.3 is 0 Å². The molecule has 0 aromatic heterocycles. The lowest BCUT2D eigenvalue weighted by Gasteiger charge is -2.41. The monoisotopic (exact) mass is 439 g/mol. The molecule has 3 N–H and O–H groups in total. The molecule has 7 nitrogen and oxygen atoms in total. The fraction of sp³-hybridized carbons (Fsp3) is 0.864. The molecule has 3 rings (SSSR count). The van der Waals surface area contributed by atoms with Gasteiger partial charge in [-0.3, -0.25) is 14.4 Å². The van der Waals surface area contributed by atoms with E-state index < -0.39 is 28.7 Å². The zero-order valence-corrected chi connectivity index (χ0v) is 19.8. The molecule has 7 atom stereocenters. The second-order valence-electron chi connectivity index (χ2n) is 9.75. The molecule has 3 aliphatic rings. The number of likely N-dealkylation sites (tertiary alicyclic amines) is 1. The fourth-order valence-corrected chi connectivity index (χ4v) is 8.17. The van der Waals surface area contributed by atoms with Crippen molar-refractivity contribution in [2.75, 3.05) is 13.2 Å². The predicted octanol–water partition coefficient (Wildman–Crippen LogP) is 1.39. The van der Waals surface area contributed by atoms with E-state index in [0.29, 0.717) is 6.54 Å². The molecular weight excluding hydrogens is 402 g/mol. The Hall–Kier alpha value is -1.28. The molecule has 0 aromatic carbocycles. The number of aliphatic hydroxyl groups excluding tert-OH is 1. The average molecular weight is 440 g/mol. The molecule has 3 aliphatic heterocycles. The number of rotatable bonds is 8. The molecule has 3 fully saturated rings. The summed E-state index contributed by atoms with van der Waals surface area (Å²) < 4.78 is -0.628. The first kappa shape index (κ1) is 23.4. The number of thioether (sulfide) groups is 1. The molecule has 30 heavy (non-hydrogen) atoms. The third-order valence-electron chi connectivity index (χ3n) is 7.03. The maximum Gasteiger partial charge on any atom is 0.244 e. The van der Waals surface area contributed by atoms with Gasteiger partial charge in [0.25, 0.3) is 0 Å². The largest absolute Gasteiger partial charge is 0.394 e. The number of aliphatic hydroxyl groups is 1. The van der Waals surface area contributed by atoms with Crippen molar-refractivity contribution < 1.29 is 19.5 Å². The number of carbonyl (C=O) groups excluding carboxylic acids is 3. The lowest BCUT2D eigenvalue weighted by atomic mass is 9.66. The maximum atomic E-state index is 13.9. The minimum absolute atomic E-state index is 0.00611. The molecular formula is C22H37N3O4S. The fourth-order valence-electron chi connectivity index (χ4n) is 5.77. The molecule has 0 aliphatic carbocycles. The average Bonchev–Trinajstić information content (AvgIpc) is 3.24. The molecule has 0 saturated carbocycles. The number of carbonyl (C=O) groups is 3. The van der Waals surface area contributed by atoms with Crippen LogP contribution in [0.25, 0.3) is 0 Å². The van der Waals surface area contributed by atoms with Gasteiger partial charge in [-0.1, -0.05) is 27.7 Å². The number of fused-ring (bicyclic) bond motifs is 1. The highest BCUT2D eigenvalue weighted by Crippen LogP contribution is 2.68. The maximum absolute atomic E-state index is 13.9. The van der Waals surface area contributed by atoms with Gasteiger partial charge in [-0.2, -0.15) is 0 Å². The molecule has 1 spiro atoms. The van der Waals surface area contributed by atoms with Crippen LogP contribution in [-0.4, -0.2) is 69.0 Å². The van der Waals surface area contributed by atoms with Crippen molar-refractivity contribution in [3.8, 4) is 0 Å². The zero-order valence-electron chi connectivity index (χ0n) is 19.0. The quantitative estimate of drug-likeness (QED) is 0.531. The van der Waals surface area contributed by atoms with E-state index in [1.54, 1.807) is 16.7 Å². The standard InChI is InChI=1S/C22H37N3O4S/c1-7-8-23-19(27)16-15-9-13(6)22(30-15)17(16)21(29)25(14(10-26)11(2)3)18(22)20(28)24-12(4)5/h11-18,26H,7-10H2,1-6H3,(H,23,27)(H,24,28)/t13?,14-,15-,16+,17-,18?,22?/m0/s1. The molecule has 170 valence electrons. The van der Waals surface area contributed by atoms with Crippen molar-refractivity contribution in [2.24, 2.45) is 23.7 Å². The molecule has 3 heterocycles. The topological polar surface area (TPSA) is 98.7 Å². The van der Waals surface area contributed by atoms with Crippen LogP contribution in [0.2, 0.25) is 0 Å². The normalized spacial score (nSPS) is 35.8. The minimum Gasteiger partial charge on any atom is -0.394 e. The Morgan fingerprint density at radius 3 is 2.47 bits per heavy atom. The number of nitrogens with one attached hydrogen (secondary N) is 2. The van der Waals surface area contributed by atoms with Crippen LogP contribution in [0, 0.1) is 23.7 Å². The van der Waals surface area contributed by atoms with Crippen LogP contribution in [0.4, 0.5) is 0 Å². The number of nitrogens with zero attached hydrogens (tertiary/aromatic N) is 1. The predicted molar refractivity (Wildman–Crippen MR) is 118 cm³/mol. The van der Waals surface area contributed by atoms with Gasteiger partial charge in [0.1, 0.15) is 6.04 Å². The van der Waals surface area contributed by atoms with Crippen LogP contribution in [0.3, 0.4) is 0 Å². The lowest BCUT2D eigenvalue weighted by Crippen LogP contribution is -2.60. The smallest absolute Gasteiger partial charge is 0.244 e. The Labute approximate surface area is 184 Å². The molecule has 2 bridgehead atoms. The van der Waals surface area contributed by atoms with Crippen molar-refractivity contribution in [1.82, 2.24) is 15.5 Å². The molecule has 8 heteroatoms. The highest BCUT2D eigenvalue weighted by Gasteiger charge is 2.76. The summed E-state index contributed by atoms with van der Waals surface area (Å²) in [7, 11) is 0. The summed E-state index contributed by atoms with van der Waals surface area (Å²) in [6, 6.07) is -1.18. The van der Waals surface area contributed by atoms with Crippen molar-refractivity contribution in [3.05, 3.63) is 0 Å². The second kappa shape index (κ2) is 8.69. The van der Waals surface area contributed by atoms with Crippen LogP contribution in [0.1, 0.15) is 54.4 Å². The Morgan fingerprint density at radius 1 is 1.27 bits per heavy atom. The van der Waals surface area contributed by atoms with Gasteiger partial charge < -0.3 is 20.6 Å². The molecule has 0 radical (unpaired) electrons. The van der Waals surface area contributed by atoms with E-state index in [-0.39, 0.29) is 47.5 Å². The highest BCUT2D eigenvalue weighted by molar-refractivity contribution is 8.02. The van der Waals surface area contributed by atoms with Crippen molar-refractivity contribution in [2.45, 2.75) is 82.5 Å². The van der Waals surface area contributed by atoms with Crippen molar-refractivity contribution >= 4 is 29.5 Å². The van der Waals surface area contributed by atoms with Crippen LogP contribution in [-0.2, 0) is 14.4 Å². The first-order valence-corrected chi connectivity index (χ1v) is 12.2. The van der Waals surface area contributed by atoms with Crippen LogP contribution < -0.4 is 10.6 Å². The van der Waals surface area contributed by atoms with E-state index in [1.165, 1.54) is 0 Å². The van der Waals surface area contributed by atoms with Gasteiger partial charge in [-0.15, -0.1) is 11.8 Å². The van der Waals surface area contributed by atoms with Gasteiger partial charge in [0.2, 0.25) is 17.7 Å². The zero-order chi connectivity index (χ0) is 22.4. The molecule has 0 aromatic rings. The Bertz CT molecular complexity index is 700. The van der Waals surface area contributed by atoms with Crippen molar-refractivity contribution in [3.63, 3.8) is 0 Å². The Kier molecular flexibility index (Phi) is 6.77. The summed E-state index contributed by atoms with van der Waals surface area (Å²) in [5, 5.41) is 16.2. The molecule has 3 unspecified atom stereocenters. The van der Waals surface area contributed by atoms with Crippen molar-refractivity contribution in [1.29, 1.82) is 0 Å². The number of amides is 3. The Balaban J connectivity index is 2.08. The summed E-state index contributed by atoms with van der Waals surface area (Å²) >= 11 is 1.67. The first-order valence-electron chi connectivity index (χ1n) is 11.3. The SMILES string of the molecule is CCCNC(=O)[C@@H]1[C@@H]2CC(C)C3(S2)C(C(=O)NC(C)C)N([C@@H](CO)C(C)C)C(=O)[C@H]13. The van der Waals surface area contributed by atoms with E-state index in [1.807, 2.05) is 34.6 Å². The summed E-state index contributed by atoms with van der Waals surface area (Å²) in [5.74, 6) is -1.21. The van der Waals surface area contributed by atoms with E-state index in [2.05, 4.69) is 17.6 Å².